The van der Waals surface area contributed by atoms with Gasteiger partial charge in [0.1, 0.15) is 0 Å². The van der Waals surface area contributed by atoms with E-state index in [1.165, 1.54) is 39.2 Å². The van der Waals surface area contributed by atoms with Gasteiger partial charge in [-0.1, -0.05) is 31.4 Å². The molecule has 0 heterocycles. The van der Waals surface area contributed by atoms with Crippen LogP contribution in [0.1, 0.15) is 37.7 Å². The summed E-state index contributed by atoms with van der Waals surface area (Å²) in [7, 11) is 1.40. The number of anilines is 1. The highest BCUT2D eigenvalue weighted by Crippen LogP contribution is 2.17. The molecule has 1 aromatic rings. The molecule has 1 fully saturated rings. The molecule has 0 radical (unpaired) electrons. The fraction of sp³-hybridized carbons (Fsp3) is 0.500. The quantitative estimate of drug-likeness (QED) is 0.661. The smallest absolute Gasteiger partial charge is 0.309 e. The molecule has 0 unspecified atom stereocenters. The van der Waals surface area contributed by atoms with Crippen LogP contribution >= 0.6 is 12.2 Å². The minimum Gasteiger partial charge on any atom is -0.469 e. The molecule has 0 saturated heterocycles. The lowest BCUT2D eigenvalue weighted by Gasteiger charge is -2.24. The molecule has 21 heavy (non-hydrogen) atoms. The van der Waals surface area contributed by atoms with Crippen molar-refractivity contribution in [1.29, 1.82) is 0 Å². The summed E-state index contributed by atoms with van der Waals surface area (Å²) in [6, 6.07) is 8.16. The van der Waals surface area contributed by atoms with Gasteiger partial charge in [-0.2, -0.15) is 0 Å². The summed E-state index contributed by atoms with van der Waals surface area (Å²) in [5.74, 6) is -0.231. The van der Waals surface area contributed by atoms with E-state index in [1.807, 2.05) is 24.3 Å². The van der Waals surface area contributed by atoms with Crippen LogP contribution in [-0.2, 0) is 16.0 Å². The fourth-order valence-electron chi connectivity index (χ4n) is 2.54. The van der Waals surface area contributed by atoms with E-state index < -0.39 is 0 Å². The Bertz CT molecular complexity index is 482. The SMILES string of the molecule is COC(=O)Cc1ccc(NC(=S)NC2CCCCC2)cc1. The lowest BCUT2D eigenvalue weighted by Crippen LogP contribution is -2.38. The largest absolute Gasteiger partial charge is 0.469 e. The Morgan fingerprint density at radius 3 is 2.52 bits per heavy atom. The maximum atomic E-state index is 11.2. The Labute approximate surface area is 131 Å². The molecule has 0 aromatic heterocycles. The Morgan fingerprint density at radius 2 is 1.90 bits per heavy atom. The fourth-order valence-corrected chi connectivity index (χ4v) is 2.83. The number of benzene rings is 1. The molecule has 0 bridgehead atoms. The zero-order valence-electron chi connectivity index (χ0n) is 12.4. The molecule has 1 aliphatic carbocycles. The molecule has 1 aromatic carbocycles. The summed E-state index contributed by atoms with van der Waals surface area (Å²) >= 11 is 5.34. The predicted octanol–water partition coefficient (Wildman–Crippen LogP) is 3.02. The first-order valence-corrected chi connectivity index (χ1v) is 7.81. The summed E-state index contributed by atoms with van der Waals surface area (Å²) in [6.45, 7) is 0. The lowest BCUT2D eigenvalue weighted by atomic mass is 9.96. The highest BCUT2D eigenvalue weighted by atomic mass is 32.1. The van der Waals surface area contributed by atoms with Crippen LogP contribution in [0.3, 0.4) is 0 Å². The minimum atomic E-state index is -0.231. The van der Waals surface area contributed by atoms with E-state index in [4.69, 9.17) is 12.2 Å². The molecule has 4 nitrogen and oxygen atoms in total. The van der Waals surface area contributed by atoms with Crippen molar-refractivity contribution < 1.29 is 9.53 Å². The average molecular weight is 306 g/mol. The van der Waals surface area contributed by atoms with Crippen LogP contribution in [0, 0.1) is 0 Å². The van der Waals surface area contributed by atoms with Gasteiger partial charge in [-0.15, -0.1) is 0 Å². The monoisotopic (exact) mass is 306 g/mol. The van der Waals surface area contributed by atoms with E-state index in [1.54, 1.807) is 0 Å². The molecule has 5 heteroatoms. The van der Waals surface area contributed by atoms with E-state index >= 15 is 0 Å². The van der Waals surface area contributed by atoms with Crippen molar-refractivity contribution in [3.05, 3.63) is 29.8 Å². The minimum absolute atomic E-state index is 0.231. The molecule has 114 valence electrons. The average Bonchev–Trinajstić information content (AvgIpc) is 2.50. The number of thiocarbonyl (C=S) groups is 1. The molecular weight excluding hydrogens is 284 g/mol. The second kappa shape index (κ2) is 7.98. The summed E-state index contributed by atoms with van der Waals surface area (Å²) < 4.78 is 4.65. The van der Waals surface area contributed by atoms with E-state index in [-0.39, 0.29) is 5.97 Å². The van der Waals surface area contributed by atoms with Gasteiger partial charge in [0, 0.05) is 11.7 Å². The van der Waals surface area contributed by atoms with Crippen LogP contribution in [0.4, 0.5) is 5.69 Å². The number of ether oxygens (including phenoxy) is 1. The standard InChI is InChI=1S/C16H22N2O2S/c1-20-15(19)11-12-7-9-14(10-8-12)18-16(21)17-13-5-3-2-4-6-13/h7-10,13H,2-6,11H2,1H3,(H2,17,18,21). The Kier molecular flexibility index (Phi) is 5.99. The van der Waals surface area contributed by atoms with Crippen LogP contribution in [0.5, 0.6) is 0 Å². The Hall–Kier alpha value is -1.62. The number of esters is 1. The van der Waals surface area contributed by atoms with Gasteiger partial charge in [0.2, 0.25) is 0 Å². The summed E-state index contributed by atoms with van der Waals surface area (Å²) in [6.07, 6.45) is 6.58. The van der Waals surface area contributed by atoms with Crippen molar-refractivity contribution in [2.24, 2.45) is 0 Å². The van der Waals surface area contributed by atoms with E-state index in [0.29, 0.717) is 17.6 Å². The van der Waals surface area contributed by atoms with Crippen LogP contribution in [0.25, 0.3) is 0 Å². The summed E-state index contributed by atoms with van der Waals surface area (Å²) in [5.41, 5.74) is 1.86. The Morgan fingerprint density at radius 1 is 1.24 bits per heavy atom. The third-order valence-electron chi connectivity index (χ3n) is 3.73. The van der Waals surface area contributed by atoms with Gasteiger partial charge in [0.15, 0.2) is 5.11 Å². The van der Waals surface area contributed by atoms with Crippen LogP contribution in [0.15, 0.2) is 24.3 Å². The zero-order valence-corrected chi connectivity index (χ0v) is 13.2. The Balaban J connectivity index is 1.81. The van der Waals surface area contributed by atoms with Gasteiger partial charge >= 0.3 is 5.97 Å². The van der Waals surface area contributed by atoms with Crippen LogP contribution in [-0.4, -0.2) is 24.2 Å². The molecule has 0 amide bonds. The number of methoxy groups -OCH3 is 1. The van der Waals surface area contributed by atoms with Crippen LogP contribution < -0.4 is 10.6 Å². The van der Waals surface area contributed by atoms with Gasteiger partial charge < -0.3 is 15.4 Å². The second-order valence-corrected chi connectivity index (χ2v) is 5.79. The first-order chi connectivity index (χ1) is 10.2. The van der Waals surface area contributed by atoms with Gasteiger partial charge in [0.05, 0.1) is 13.5 Å². The highest BCUT2D eigenvalue weighted by molar-refractivity contribution is 7.80. The molecule has 0 spiro atoms. The van der Waals surface area contributed by atoms with E-state index in [2.05, 4.69) is 15.4 Å². The van der Waals surface area contributed by atoms with Crippen molar-refractivity contribution in [2.75, 3.05) is 12.4 Å². The van der Waals surface area contributed by atoms with Crippen molar-refractivity contribution in [3.63, 3.8) is 0 Å². The van der Waals surface area contributed by atoms with E-state index in [0.717, 1.165) is 11.3 Å². The maximum Gasteiger partial charge on any atom is 0.309 e. The second-order valence-electron chi connectivity index (χ2n) is 5.38. The summed E-state index contributed by atoms with van der Waals surface area (Å²) in [4.78, 5) is 11.2. The third-order valence-corrected chi connectivity index (χ3v) is 3.95. The molecule has 1 saturated carbocycles. The number of carbonyl (C=O) groups excluding carboxylic acids is 1. The van der Waals surface area contributed by atoms with Crippen molar-refractivity contribution >= 4 is 29.0 Å². The van der Waals surface area contributed by atoms with Gasteiger partial charge in [-0.05, 0) is 42.8 Å². The molecular formula is C16H22N2O2S. The predicted molar refractivity (Wildman–Crippen MR) is 88.4 cm³/mol. The van der Waals surface area contributed by atoms with Crippen molar-refractivity contribution in [2.45, 2.75) is 44.6 Å². The molecule has 1 aliphatic rings. The third kappa shape index (κ3) is 5.34. The number of hydrogen-bond donors (Lipinski definition) is 2. The summed E-state index contributed by atoms with van der Waals surface area (Å²) in [5, 5.41) is 7.23. The normalized spacial score (nSPS) is 15.3. The van der Waals surface area contributed by atoms with Gasteiger partial charge in [0.25, 0.3) is 0 Å². The first-order valence-electron chi connectivity index (χ1n) is 7.40. The zero-order chi connectivity index (χ0) is 15.1. The van der Waals surface area contributed by atoms with Crippen molar-refractivity contribution in [3.8, 4) is 0 Å². The van der Waals surface area contributed by atoms with Gasteiger partial charge in [-0.3, -0.25) is 4.79 Å². The topological polar surface area (TPSA) is 50.4 Å². The number of carbonyl (C=O) groups is 1. The molecule has 0 aliphatic heterocycles. The molecule has 0 atom stereocenters. The maximum absolute atomic E-state index is 11.2. The molecule has 2 rings (SSSR count). The van der Waals surface area contributed by atoms with Gasteiger partial charge in [-0.25, -0.2) is 0 Å². The number of rotatable bonds is 4. The van der Waals surface area contributed by atoms with Crippen molar-refractivity contribution in [1.82, 2.24) is 5.32 Å². The lowest BCUT2D eigenvalue weighted by molar-refractivity contribution is -0.139. The molecule has 2 N–H and O–H groups in total. The van der Waals surface area contributed by atoms with Crippen LogP contribution in [0.2, 0.25) is 0 Å². The first kappa shape index (κ1) is 15.8. The number of nitrogens with one attached hydrogen (secondary N) is 2. The highest BCUT2D eigenvalue weighted by Gasteiger charge is 2.13. The van der Waals surface area contributed by atoms with E-state index in [9.17, 15) is 4.79 Å². The number of hydrogen-bond acceptors (Lipinski definition) is 3.